The normalized spacial score (nSPS) is 28.8. The lowest BCUT2D eigenvalue weighted by Crippen LogP contribution is -2.56. The molecule has 1 spiro atoms. The third-order valence-electron chi connectivity index (χ3n) is 7.83. The van der Waals surface area contributed by atoms with Gasteiger partial charge in [0.2, 0.25) is 5.91 Å². The van der Waals surface area contributed by atoms with Crippen LogP contribution in [0.5, 0.6) is 0 Å². The second kappa shape index (κ2) is 9.17. The van der Waals surface area contributed by atoms with Crippen molar-refractivity contribution in [3.8, 4) is 0 Å². The Morgan fingerprint density at radius 1 is 1.16 bits per heavy atom. The molecule has 2 saturated carbocycles. The molecule has 1 aliphatic heterocycles. The van der Waals surface area contributed by atoms with Gasteiger partial charge in [-0.25, -0.2) is 4.79 Å². The van der Waals surface area contributed by atoms with Crippen LogP contribution >= 0.6 is 0 Å². The molecular formula is C24H36N4O3. The van der Waals surface area contributed by atoms with Gasteiger partial charge in [-0.2, -0.15) is 0 Å². The zero-order valence-corrected chi connectivity index (χ0v) is 18.6. The number of benzene rings is 1. The lowest BCUT2D eigenvalue weighted by Gasteiger charge is -2.49. The number of amides is 3. The molecule has 3 fully saturated rings. The zero-order valence-electron chi connectivity index (χ0n) is 18.6. The van der Waals surface area contributed by atoms with Crippen LogP contribution in [0.2, 0.25) is 0 Å². The number of carbonyl (C=O) groups excluding carboxylic acids is 2. The fourth-order valence-electron chi connectivity index (χ4n) is 5.65. The SMILES string of the molecule is CN[C@]1(c2ccccc2)CC[C@@]2(CC1)CN(CC(=O)NCCO)C(=O)N2CC1CCC1. The van der Waals surface area contributed by atoms with Crippen LogP contribution < -0.4 is 10.6 Å². The first kappa shape index (κ1) is 22.1. The monoisotopic (exact) mass is 428 g/mol. The van der Waals surface area contributed by atoms with E-state index in [1.54, 1.807) is 4.90 Å². The zero-order chi connectivity index (χ0) is 21.9. The fraction of sp³-hybridized carbons (Fsp3) is 0.667. The van der Waals surface area contributed by atoms with Gasteiger partial charge in [-0.05, 0) is 57.1 Å². The highest BCUT2D eigenvalue weighted by Gasteiger charge is 2.54. The van der Waals surface area contributed by atoms with E-state index in [0.717, 1.165) is 32.2 Å². The van der Waals surface area contributed by atoms with Crippen molar-refractivity contribution in [2.45, 2.75) is 56.0 Å². The second-order valence-corrected chi connectivity index (χ2v) is 9.54. The highest BCUT2D eigenvalue weighted by atomic mass is 16.3. The maximum atomic E-state index is 13.4. The second-order valence-electron chi connectivity index (χ2n) is 9.54. The molecule has 3 aliphatic rings. The van der Waals surface area contributed by atoms with Crippen molar-refractivity contribution >= 4 is 11.9 Å². The molecule has 7 heteroatoms. The molecule has 3 N–H and O–H groups in total. The van der Waals surface area contributed by atoms with Crippen molar-refractivity contribution in [3.05, 3.63) is 35.9 Å². The van der Waals surface area contributed by atoms with Crippen molar-refractivity contribution in [3.63, 3.8) is 0 Å². The average Bonchev–Trinajstić information content (AvgIpc) is 3.01. The minimum atomic E-state index is -0.201. The Bertz CT molecular complexity index is 772. The highest BCUT2D eigenvalue weighted by Crippen LogP contribution is 2.47. The van der Waals surface area contributed by atoms with Gasteiger partial charge in [-0.3, -0.25) is 4.79 Å². The number of aliphatic hydroxyl groups excluding tert-OH is 1. The summed E-state index contributed by atoms with van der Waals surface area (Å²) in [7, 11) is 2.04. The molecule has 2 aliphatic carbocycles. The molecule has 1 heterocycles. The summed E-state index contributed by atoms with van der Waals surface area (Å²) in [6, 6.07) is 10.6. The van der Waals surface area contributed by atoms with Crippen molar-refractivity contribution in [2.24, 2.45) is 5.92 Å². The summed E-state index contributed by atoms with van der Waals surface area (Å²) in [5.74, 6) is 0.391. The Hall–Kier alpha value is -2.12. The first-order valence-corrected chi connectivity index (χ1v) is 11.7. The number of aliphatic hydroxyl groups is 1. The summed E-state index contributed by atoms with van der Waals surface area (Å²) in [6.45, 7) is 1.62. The quantitative estimate of drug-likeness (QED) is 0.592. The maximum Gasteiger partial charge on any atom is 0.321 e. The molecular weight excluding hydrogens is 392 g/mol. The largest absolute Gasteiger partial charge is 0.395 e. The van der Waals surface area contributed by atoms with Crippen molar-refractivity contribution in [2.75, 3.05) is 39.8 Å². The van der Waals surface area contributed by atoms with E-state index in [4.69, 9.17) is 5.11 Å². The van der Waals surface area contributed by atoms with Crippen LogP contribution in [0.15, 0.2) is 30.3 Å². The van der Waals surface area contributed by atoms with Crippen molar-refractivity contribution in [1.82, 2.24) is 20.4 Å². The van der Waals surface area contributed by atoms with Crippen LogP contribution in [0.1, 0.15) is 50.5 Å². The van der Waals surface area contributed by atoms with Gasteiger partial charge in [-0.15, -0.1) is 0 Å². The van der Waals surface area contributed by atoms with E-state index >= 15 is 0 Å². The molecule has 1 saturated heterocycles. The Morgan fingerprint density at radius 3 is 2.45 bits per heavy atom. The number of hydrogen-bond donors (Lipinski definition) is 3. The number of nitrogens with one attached hydrogen (secondary N) is 2. The molecule has 0 bridgehead atoms. The first-order valence-electron chi connectivity index (χ1n) is 11.7. The van der Waals surface area contributed by atoms with Crippen molar-refractivity contribution < 1.29 is 14.7 Å². The third kappa shape index (κ3) is 4.30. The number of hydrogen-bond acceptors (Lipinski definition) is 4. The molecule has 1 aromatic carbocycles. The summed E-state index contributed by atoms with van der Waals surface area (Å²) in [4.78, 5) is 29.5. The standard InChI is InChI=1S/C24H36N4O3/c1-25-24(20-8-3-2-4-9-20)12-10-23(11-13-24)18-27(17-21(30)26-14-15-29)22(31)28(23)16-19-6-5-7-19/h2-4,8-9,19,25,29H,5-7,10-18H2,1H3,(H,26,30)/t23-,24-. The fourth-order valence-corrected chi connectivity index (χ4v) is 5.65. The molecule has 3 amide bonds. The predicted octanol–water partition coefficient (Wildman–Crippen LogP) is 2.06. The van der Waals surface area contributed by atoms with Crippen LogP contribution in [0, 0.1) is 5.92 Å². The van der Waals surface area contributed by atoms with E-state index in [-0.39, 0.29) is 42.7 Å². The van der Waals surface area contributed by atoms with Crippen LogP contribution in [-0.2, 0) is 10.3 Å². The van der Waals surface area contributed by atoms with Gasteiger partial charge in [0.15, 0.2) is 0 Å². The number of carbonyl (C=O) groups is 2. The maximum absolute atomic E-state index is 13.4. The smallest absolute Gasteiger partial charge is 0.321 e. The molecule has 1 aromatic rings. The first-order chi connectivity index (χ1) is 15.0. The van der Waals surface area contributed by atoms with Crippen LogP contribution in [0.3, 0.4) is 0 Å². The van der Waals surface area contributed by atoms with E-state index < -0.39 is 0 Å². The van der Waals surface area contributed by atoms with Gasteiger partial charge in [0.1, 0.15) is 6.54 Å². The number of nitrogens with zero attached hydrogens (tertiary/aromatic N) is 2. The minimum absolute atomic E-state index is 0.00252. The van der Waals surface area contributed by atoms with Gasteiger partial charge >= 0.3 is 6.03 Å². The van der Waals surface area contributed by atoms with E-state index in [9.17, 15) is 9.59 Å². The third-order valence-corrected chi connectivity index (χ3v) is 7.83. The highest BCUT2D eigenvalue weighted by molar-refractivity contribution is 5.86. The molecule has 7 nitrogen and oxygen atoms in total. The molecule has 4 rings (SSSR count). The lowest BCUT2D eigenvalue weighted by molar-refractivity contribution is -0.121. The van der Waals surface area contributed by atoms with E-state index in [0.29, 0.717) is 12.5 Å². The Balaban J connectivity index is 1.51. The van der Waals surface area contributed by atoms with E-state index in [2.05, 4.69) is 39.8 Å². The van der Waals surface area contributed by atoms with Gasteiger partial charge in [-0.1, -0.05) is 36.8 Å². The topological polar surface area (TPSA) is 84.9 Å². The summed E-state index contributed by atoms with van der Waals surface area (Å²) in [5.41, 5.74) is 1.05. The molecule has 0 atom stereocenters. The summed E-state index contributed by atoms with van der Waals surface area (Å²) in [6.07, 6.45) is 7.43. The van der Waals surface area contributed by atoms with E-state index in [1.807, 2.05) is 13.1 Å². The number of rotatable bonds is 8. The van der Waals surface area contributed by atoms with Gasteiger partial charge in [0.05, 0.1) is 12.1 Å². The lowest BCUT2D eigenvalue weighted by atomic mass is 9.68. The van der Waals surface area contributed by atoms with Crippen LogP contribution in [0.4, 0.5) is 4.79 Å². The van der Waals surface area contributed by atoms with Crippen LogP contribution in [-0.4, -0.2) is 72.2 Å². The Labute approximate surface area is 185 Å². The molecule has 0 radical (unpaired) electrons. The molecule has 31 heavy (non-hydrogen) atoms. The summed E-state index contributed by atoms with van der Waals surface area (Å²) < 4.78 is 0. The summed E-state index contributed by atoms with van der Waals surface area (Å²) >= 11 is 0. The summed E-state index contributed by atoms with van der Waals surface area (Å²) in [5, 5.41) is 15.2. The molecule has 0 unspecified atom stereocenters. The molecule has 170 valence electrons. The Kier molecular flexibility index (Phi) is 6.53. The average molecular weight is 429 g/mol. The van der Waals surface area contributed by atoms with Gasteiger partial charge in [0, 0.05) is 25.2 Å². The predicted molar refractivity (Wildman–Crippen MR) is 119 cm³/mol. The van der Waals surface area contributed by atoms with Gasteiger partial charge in [0.25, 0.3) is 0 Å². The number of urea groups is 1. The minimum Gasteiger partial charge on any atom is -0.395 e. The molecule has 0 aromatic heterocycles. The van der Waals surface area contributed by atoms with Crippen molar-refractivity contribution in [1.29, 1.82) is 0 Å². The van der Waals surface area contributed by atoms with E-state index in [1.165, 1.54) is 24.8 Å². The Morgan fingerprint density at radius 2 is 1.87 bits per heavy atom. The van der Waals surface area contributed by atoms with Gasteiger partial charge < -0.3 is 25.5 Å². The van der Waals surface area contributed by atoms with Crippen LogP contribution in [0.25, 0.3) is 0 Å².